The van der Waals surface area contributed by atoms with Crippen molar-refractivity contribution in [3.8, 4) is 5.75 Å². The number of ketones is 1. The van der Waals surface area contributed by atoms with Crippen LogP contribution in [-0.2, 0) is 43.0 Å². The molecule has 0 bridgehead atoms. The van der Waals surface area contributed by atoms with Gasteiger partial charge in [0.15, 0.2) is 11.5 Å². The molecule has 2 atom stereocenters. The van der Waals surface area contributed by atoms with E-state index in [1.807, 2.05) is 18.6 Å². The van der Waals surface area contributed by atoms with Gasteiger partial charge in [-0.1, -0.05) is 42.5 Å². The average Bonchev–Trinajstić information content (AvgIpc) is 2.81. The second kappa shape index (κ2) is 14.0. The van der Waals surface area contributed by atoms with Crippen molar-refractivity contribution < 1.29 is 34.1 Å². The predicted octanol–water partition coefficient (Wildman–Crippen LogP) is 2.03. The summed E-state index contributed by atoms with van der Waals surface area (Å²) in [6.07, 6.45) is 3.01. The summed E-state index contributed by atoms with van der Waals surface area (Å²) in [5.41, 5.74) is 1.39. The van der Waals surface area contributed by atoms with E-state index < -0.39 is 30.1 Å². The van der Waals surface area contributed by atoms with Crippen LogP contribution in [0.1, 0.15) is 24.0 Å². The molecule has 188 valence electrons. The van der Waals surface area contributed by atoms with Gasteiger partial charge in [0, 0.05) is 12.8 Å². The Balaban J connectivity index is 2.06. The Bertz CT molecular complexity index is 997. The van der Waals surface area contributed by atoms with Gasteiger partial charge in [-0.05, 0) is 40.6 Å². The molecule has 0 aliphatic carbocycles. The third-order valence-corrected chi connectivity index (χ3v) is 5.87. The molecular formula is C25H31N2O7S+. The number of amides is 2. The molecule has 0 aliphatic heterocycles. The fraction of sp³-hybridized carbons (Fsp3) is 0.360. The summed E-state index contributed by atoms with van der Waals surface area (Å²) in [7, 11) is -0.0998. The van der Waals surface area contributed by atoms with Crippen molar-refractivity contribution in [1.82, 2.24) is 10.6 Å². The highest BCUT2D eigenvalue weighted by Gasteiger charge is 2.28. The summed E-state index contributed by atoms with van der Waals surface area (Å²) in [6, 6.07) is 12.6. The third kappa shape index (κ3) is 10.5. The van der Waals surface area contributed by atoms with E-state index in [0.29, 0.717) is 11.3 Å². The molecule has 0 saturated carbocycles. The first kappa shape index (κ1) is 27.7. The molecule has 4 N–H and O–H groups in total. The van der Waals surface area contributed by atoms with E-state index in [4.69, 9.17) is 4.74 Å². The summed E-state index contributed by atoms with van der Waals surface area (Å²) in [5, 5.41) is 24.0. The van der Waals surface area contributed by atoms with Crippen LogP contribution in [0.2, 0.25) is 0 Å². The summed E-state index contributed by atoms with van der Waals surface area (Å²) >= 11 is 0. The maximum Gasteiger partial charge on any atom is 0.408 e. The zero-order valence-electron chi connectivity index (χ0n) is 19.7. The molecule has 2 amide bonds. The van der Waals surface area contributed by atoms with Crippen molar-refractivity contribution in [2.45, 2.75) is 38.0 Å². The highest BCUT2D eigenvalue weighted by atomic mass is 32.2. The van der Waals surface area contributed by atoms with Gasteiger partial charge in [0.1, 0.15) is 24.4 Å². The first-order valence-corrected chi connectivity index (χ1v) is 13.2. The van der Waals surface area contributed by atoms with E-state index in [1.54, 1.807) is 36.4 Å². The van der Waals surface area contributed by atoms with Gasteiger partial charge in [-0.3, -0.25) is 9.59 Å². The van der Waals surface area contributed by atoms with Crippen LogP contribution in [0.15, 0.2) is 54.6 Å². The van der Waals surface area contributed by atoms with Crippen LogP contribution in [-0.4, -0.2) is 64.3 Å². The molecule has 2 aromatic carbocycles. The van der Waals surface area contributed by atoms with Gasteiger partial charge >= 0.3 is 12.1 Å². The number of phenolic OH excluding ortho intramolecular Hbond substituents is 1. The molecule has 0 fully saturated rings. The number of alkyl carbamates (subject to hydrolysis) is 1. The lowest BCUT2D eigenvalue weighted by molar-refractivity contribution is -0.142. The number of Topliss-reactive ketones (excluding diaryl/α,β-unsaturated/α-hetero) is 1. The van der Waals surface area contributed by atoms with Crippen molar-refractivity contribution in [3.63, 3.8) is 0 Å². The second-order valence-electron chi connectivity index (χ2n) is 8.24. The number of carbonyl (C=O) groups excluding carboxylic acids is 3. The molecule has 35 heavy (non-hydrogen) atoms. The highest BCUT2D eigenvalue weighted by molar-refractivity contribution is 7.96. The van der Waals surface area contributed by atoms with Crippen molar-refractivity contribution in [2.24, 2.45) is 0 Å². The first-order chi connectivity index (χ1) is 16.6. The minimum absolute atomic E-state index is 0.00337. The smallest absolute Gasteiger partial charge is 0.408 e. The first-order valence-electron chi connectivity index (χ1n) is 11.0. The Hall–Kier alpha value is -3.53. The zero-order chi connectivity index (χ0) is 25.8. The summed E-state index contributed by atoms with van der Waals surface area (Å²) in [5.74, 6) is -1.66. The van der Waals surface area contributed by atoms with Gasteiger partial charge < -0.3 is 25.6 Å². The van der Waals surface area contributed by atoms with E-state index in [-0.39, 0.29) is 48.3 Å². The van der Waals surface area contributed by atoms with Gasteiger partial charge in [0.05, 0.1) is 12.5 Å². The number of rotatable bonds is 13. The molecule has 2 unspecified atom stereocenters. The molecule has 9 nitrogen and oxygen atoms in total. The molecule has 10 heteroatoms. The molecule has 0 aliphatic rings. The molecule has 2 aromatic rings. The molecule has 0 heterocycles. The van der Waals surface area contributed by atoms with Crippen LogP contribution in [0.5, 0.6) is 5.75 Å². The van der Waals surface area contributed by atoms with Crippen LogP contribution in [0.25, 0.3) is 0 Å². The van der Waals surface area contributed by atoms with Gasteiger partial charge in [-0.15, -0.1) is 0 Å². The number of carbonyl (C=O) groups is 4. The number of aliphatic carboxylic acids is 1. The van der Waals surface area contributed by atoms with Crippen molar-refractivity contribution in [3.05, 3.63) is 65.7 Å². The van der Waals surface area contributed by atoms with Crippen LogP contribution in [0.3, 0.4) is 0 Å². The van der Waals surface area contributed by atoms with E-state index in [1.165, 1.54) is 12.1 Å². The molecule has 0 saturated heterocycles. The van der Waals surface area contributed by atoms with Crippen LogP contribution < -0.4 is 10.6 Å². The zero-order valence-corrected chi connectivity index (χ0v) is 20.5. The van der Waals surface area contributed by atoms with Crippen molar-refractivity contribution in [1.29, 1.82) is 0 Å². The number of carboxylic acids is 1. The standard InChI is InChI=1S/C25H30N2O7S/c1-35(2)16-20(29)12-13-21(24(31)32)26-23(30)22(14-17-8-10-19(28)11-9-17)27-25(33)34-15-18-6-4-3-5-7-18/h3-11,21-22H,12-16H2,1-2H3,(H3-,26,27,28,30,31,32,33)/p+1. The topological polar surface area (TPSA) is 142 Å². The molecule has 0 spiro atoms. The van der Waals surface area contributed by atoms with Gasteiger partial charge in [-0.2, -0.15) is 0 Å². The number of ether oxygens (including phenoxy) is 1. The lowest BCUT2D eigenvalue weighted by Gasteiger charge is -2.21. The Morgan fingerprint density at radius 2 is 1.57 bits per heavy atom. The number of aromatic hydroxyl groups is 1. The number of hydrogen-bond acceptors (Lipinski definition) is 6. The van der Waals surface area contributed by atoms with Crippen molar-refractivity contribution in [2.75, 3.05) is 18.3 Å². The number of benzene rings is 2. The fourth-order valence-corrected chi connectivity index (χ4v) is 4.00. The van der Waals surface area contributed by atoms with E-state index in [2.05, 4.69) is 10.6 Å². The second-order valence-corrected chi connectivity index (χ2v) is 10.5. The Kier molecular flexibility index (Phi) is 11.1. The largest absolute Gasteiger partial charge is 0.508 e. The molecular weight excluding hydrogens is 472 g/mol. The third-order valence-electron chi connectivity index (χ3n) is 4.97. The molecule has 0 radical (unpaired) electrons. The van der Waals surface area contributed by atoms with E-state index in [9.17, 15) is 29.4 Å². The SMILES string of the molecule is C[S+](C)CC(=O)CCC(NC(=O)C(Cc1ccc(O)cc1)NC(=O)OCc1ccccc1)C(=O)O. The predicted molar refractivity (Wildman–Crippen MR) is 133 cm³/mol. The lowest BCUT2D eigenvalue weighted by Crippen LogP contribution is -2.52. The number of carboxylic acid groups (broad SMARTS) is 1. The van der Waals surface area contributed by atoms with E-state index >= 15 is 0 Å². The Morgan fingerprint density at radius 1 is 0.914 bits per heavy atom. The molecule has 2 rings (SSSR count). The maximum atomic E-state index is 13.0. The van der Waals surface area contributed by atoms with Gasteiger partial charge in [0.25, 0.3) is 0 Å². The number of phenols is 1. The summed E-state index contributed by atoms with van der Waals surface area (Å²) in [4.78, 5) is 49.1. The normalized spacial score (nSPS) is 12.4. The monoisotopic (exact) mass is 503 g/mol. The minimum atomic E-state index is -1.29. The van der Waals surface area contributed by atoms with Crippen LogP contribution in [0, 0.1) is 0 Å². The Labute approximate surface area is 207 Å². The fourth-order valence-electron chi connectivity index (χ4n) is 3.21. The minimum Gasteiger partial charge on any atom is -0.508 e. The molecule has 0 aromatic heterocycles. The summed E-state index contributed by atoms with van der Waals surface area (Å²) < 4.78 is 5.20. The van der Waals surface area contributed by atoms with Crippen molar-refractivity contribution >= 4 is 34.6 Å². The number of hydrogen-bond donors (Lipinski definition) is 4. The average molecular weight is 504 g/mol. The van der Waals surface area contributed by atoms with E-state index in [0.717, 1.165) is 5.56 Å². The van der Waals surface area contributed by atoms with Gasteiger partial charge in [-0.25, -0.2) is 9.59 Å². The van der Waals surface area contributed by atoms with Crippen LogP contribution in [0.4, 0.5) is 4.79 Å². The number of nitrogens with one attached hydrogen (secondary N) is 2. The van der Waals surface area contributed by atoms with Gasteiger partial charge in [0.2, 0.25) is 5.91 Å². The Morgan fingerprint density at radius 3 is 2.17 bits per heavy atom. The summed E-state index contributed by atoms with van der Waals surface area (Å²) in [6.45, 7) is -0.00337. The highest BCUT2D eigenvalue weighted by Crippen LogP contribution is 2.12. The van der Waals surface area contributed by atoms with Crippen LogP contribution >= 0.6 is 0 Å². The quantitative estimate of drug-likeness (QED) is 0.306. The maximum absolute atomic E-state index is 13.0. The lowest BCUT2D eigenvalue weighted by atomic mass is 10.0.